The van der Waals surface area contributed by atoms with Crippen LogP contribution in [0.4, 0.5) is 5.82 Å². The Labute approximate surface area is 191 Å². The number of carbonyl (C=O) groups is 2. The van der Waals surface area contributed by atoms with Crippen molar-refractivity contribution in [2.24, 2.45) is 4.99 Å². The highest BCUT2D eigenvalue weighted by atomic mass is 32.2. The minimum Gasteiger partial charge on any atom is -0.507 e. The molecule has 0 bridgehead atoms. The average Bonchev–Trinajstić information content (AvgIpc) is 2.81. The zero-order valence-corrected chi connectivity index (χ0v) is 18.9. The number of pyridine rings is 1. The molecule has 0 spiro atoms. The van der Waals surface area contributed by atoms with Crippen molar-refractivity contribution < 1.29 is 33.3 Å². The fraction of sp³-hybridized carbons (Fsp3) is 0.182. The van der Waals surface area contributed by atoms with E-state index in [1.54, 1.807) is 50.4 Å². The number of carboxylic acid groups (broad SMARTS) is 2. The summed E-state index contributed by atoms with van der Waals surface area (Å²) in [7, 11) is -3.96. The van der Waals surface area contributed by atoms with Crippen LogP contribution < -0.4 is 4.72 Å². The van der Waals surface area contributed by atoms with Crippen LogP contribution >= 0.6 is 0 Å². The molecule has 0 atom stereocenters. The van der Waals surface area contributed by atoms with E-state index in [1.165, 1.54) is 6.07 Å². The van der Waals surface area contributed by atoms with E-state index in [9.17, 15) is 23.1 Å². The molecule has 0 amide bonds. The number of aryl methyl sites for hydroxylation is 1. The maximum Gasteiger partial charge on any atom is 0.318 e. The van der Waals surface area contributed by atoms with Gasteiger partial charge in [0.1, 0.15) is 12.3 Å². The third kappa shape index (κ3) is 8.67. The number of aliphatic imine (C=N–C) groups is 1. The number of fused-ring (bicyclic) bond motifs is 1. The summed E-state index contributed by atoms with van der Waals surface area (Å²) in [6.45, 7) is 5.80. The van der Waals surface area contributed by atoms with E-state index in [0.717, 1.165) is 0 Å². The minimum atomic E-state index is -3.96. The molecule has 0 radical (unpaired) electrons. The number of rotatable bonds is 6. The number of aromatic hydroxyl groups is 1. The Bertz CT molecular complexity index is 1210. The molecule has 1 aromatic heterocycles. The second kappa shape index (κ2) is 12.9. The molecule has 3 aromatic rings. The number of carboxylic acids is 2. The smallest absolute Gasteiger partial charge is 0.318 e. The maximum atomic E-state index is 12.2. The summed E-state index contributed by atoms with van der Waals surface area (Å²) in [5.74, 6) is -1.33. The largest absolute Gasteiger partial charge is 0.507 e. The molecule has 0 aliphatic heterocycles. The molecule has 2 aromatic carbocycles. The lowest BCUT2D eigenvalue weighted by molar-refractivity contribution is -0.137. The van der Waals surface area contributed by atoms with E-state index in [4.69, 9.17) is 10.2 Å². The molecule has 176 valence electrons. The normalized spacial score (nSPS) is 10.2. The van der Waals surface area contributed by atoms with Crippen LogP contribution in [0.5, 0.6) is 5.75 Å². The van der Waals surface area contributed by atoms with Crippen LogP contribution in [-0.4, -0.2) is 53.9 Å². The van der Waals surface area contributed by atoms with Crippen LogP contribution in [0.25, 0.3) is 10.8 Å². The van der Waals surface area contributed by atoms with Gasteiger partial charge in [0.05, 0.1) is 4.90 Å². The lowest BCUT2D eigenvalue weighted by Crippen LogP contribution is -2.29. The van der Waals surface area contributed by atoms with E-state index in [-0.39, 0.29) is 17.1 Å². The summed E-state index contributed by atoms with van der Waals surface area (Å²) in [6.07, 6.45) is 1.91. The Hall–Kier alpha value is -3.83. The minimum absolute atomic E-state index is 0.0118. The first-order chi connectivity index (χ1) is 15.5. The maximum absolute atomic E-state index is 12.2. The first kappa shape index (κ1) is 27.2. The summed E-state index contributed by atoms with van der Waals surface area (Å²) in [6, 6.07) is 13.3. The van der Waals surface area contributed by atoms with Crippen LogP contribution in [0, 0.1) is 6.92 Å². The molecule has 0 aliphatic rings. The highest BCUT2D eigenvalue weighted by Gasteiger charge is 2.20. The van der Waals surface area contributed by atoms with Crippen LogP contribution in [0.15, 0.2) is 64.6 Å². The number of benzene rings is 2. The first-order valence-electron chi connectivity index (χ1n) is 9.55. The molecule has 0 saturated carbocycles. The number of aromatic nitrogens is 1. The number of aliphatic carboxylic acids is 2. The third-order valence-corrected chi connectivity index (χ3v) is 5.43. The van der Waals surface area contributed by atoms with Crippen LogP contribution in [0.1, 0.15) is 18.9 Å². The molecule has 1 heterocycles. The van der Waals surface area contributed by atoms with Gasteiger partial charge < -0.3 is 15.3 Å². The molecular formula is C22H25N3O7S. The lowest BCUT2D eigenvalue weighted by Gasteiger charge is -2.11. The van der Waals surface area contributed by atoms with E-state index < -0.39 is 28.5 Å². The van der Waals surface area contributed by atoms with Gasteiger partial charge in [-0.25, -0.2) is 18.4 Å². The van der Waals surface area contributed by atoms with Crippen molar-refractivity contribution in [3.05, 3.63) is 60.3 Å². The van der Waals surface area contributed by atoms with E-state index in [2.05, 4.69) is 16.7 Å². The summed E-state index contributed by atoms with van der Waals surface area (Å²) < 4.78 is 26.3. The predicted molar refractivity (Wildman–Crippen MR) is 125 cm³/mol. The van der Waals surface area contributed by atoms with Gasteiger partial charge in [-0.1, -0.05) is 37.3 Å². The summed E-state index contributed by atoms with van der Waals surface area (Å²) in [5.41, 5.74) is 0.402. The monoisotopic (exact) mass is 475 g/mol. The Morgan fingerprint density at radius 3 is 2.09 bits per heavy atom. The number of nitrogens with one attached hydrogen (secondary N) is 1. The Kier molecular flexibility index (Phi) is 10.6. The SMILES string of the molecule is C=Nc1ccccn1.CCC(=O)O.Cc1cc(S(=O)(=O)NCC(=O)O)c2ccccc2c1O. The summed E-state index contributed by atoms with van der Waals surface area (Å²) in [5, 5.41) is 27.0. The first-order valence-corrected chi connectivity index (χ1v) is 11.0. The van der Waals surface area contributed by atoms with E-state index in [1.807, 2.05) is 16.9 Å². The predicted octanol–water partition coefficient (Wildman–Crippen LogP) is 3.11. The number of sulfonamides is 1. The number of hydrogen-bond acceptors (Lipinski definition) is 7. The molecular weight excluding hydrogens is 450 g/mol. The van der Waals surface area contributed by atoms with Crippen molar-refractivity contribution in [3.8, 4) is 5.75 Å². The van der Waals surface area contributed by atoms with Gasteiger partial charge in [0.2, 0.25) is 10.0 Å². The molecule has 3 rings (SSSR count). The van der Waals surface area contributed by atoms with Gasteiger partial charge in [0.25, 0.3) is 0 Å². The van der Waals surface area contributed by atoms with Crippen molar-refractivity contribution in [1.82, 2.24) is 9.71 Å². The molecule has 0 unspecified atom stereocenters. The van der Waals surface area contributed by atoms with Crippen molar-refractivity contribution in [3.63, 3.8) is 0 Å². The number of nitrogens with zero attached hydrogens (tertiary/aromatic N) is 2. The number of phenols is 1. The van der Waals surface area contributed by atoms with Gasteiger partial charge in [-0.2, -0.15) is 4.72 Å². The second-order valence-electron chi connectivity index (χ2n) is 6.40. The van der Waals surface area contributed by atoms with Gasteiger partial charge in [-0.05, 0) is 37.4 Å². The van der Waals surface area contributed by atoms with E-state index >= 15 is 0 Å². The molecule has 11 heteroatoms. The van der Waals surface area contributed by atoms with E-state index in [0.29, 0.717) is 22.2 Å². The standard InChI is InChI=1S/C13H13NO5S.C6H6N2.C3H6O2/c1-8-6-11(20(18,19)14-7-12(15)16)9-4-2-3-5-10(9)13(8)17;1-7-6-4-2-3-5-8-6;1-2-3(4)5/h2-6,14,17H,7H2,1H3,(H,15,16);2-5H,1H2;2H2,1H3,(H,4,5). The highest BCUT2D eigenvalue weighted by molar-refractivity contribution is 7.89. The lowest BCUT2D eigenvalue weighted by atomic mass is 10.1. The van der Waals surface area contributed by atoms with Gasteiger partial charge in [-0.3, -0.25) is 9.59 Å². The second-order valence-corrected chi connectivity index (χ2v) is 8.13. The fourth-order valence-electron chi connectivity index (χ4n) is 2.36. The highest BCUT2D eigenvalue weighted by Crippen LogP contribution is 2.33. The quantitative estimate of drug-likeness (QED) is 0.395. The van der Waals surface area contributed by atoms with Gasteiger partial charge in [0.15, 0.2) is 5.82 Å². The molecule has 0 fully saturated rings. The Balaban J connectivity index is 0.000000343. The topological polar surface area (TPSA) is 166 Å². The number of hydrogen-bond donors (Lipinski definition) is 4. The molecule has 33 heavy (non-hydrogen) atoms. The van der Waals surface area contributed by atoms with Crippen molar-refractivity contribution in [1.29, 1.82) is 0 Å². The van der Waals surface area contributed by atoms with Crippen LogP contribution in [-0.2, 0) is 19.6 Å². The average molecular weight is 476 g/mol. The third-order valence-electron chi connectivity index (χ3n) is 3.99. The molecule has 0 aliphatic carbocycles. The number of phenolic OH excluding ortho intramolecular Hbond substituents is 1. The van der Waals surface area contributed by atoms with Crippen molar-refractivity contribution >= 4 is 45.3 Å². The Morgan fingerprint density at radius 1 is 1.06 bits per heavy atom. The van der Waals surface area contributed by atoms with Gasteiger partial charge >= 0.3 is 11.9 Å². The van der Waals surface area contributed by atoms with Crippen molar-refractivity contribution in [2.45, 2.75) is 25.2 Å². The molecule has 10 nitrogen and oxygen atoms in total. The van der Waals surface area contributed by atoms with Gasteiger partial charge in [-0.15, -0.1) is 0 Å². The van der Waals surface area contributed by atoms with Gasteiger partial charge in [0, 0.05) is 23.4 Å². The van der Waals surface area contributed by atoms with Crippen molar-refractivity contribution in [2.75, 3.05) is 6.54 Å². The zero-order valence-electron chi connectivity index (χ0n) is 18.1. The summed E-state index contributed by atoms with van der Waals surface area (Å²) >= 11 is 0. The fourth-order valence-corrected chi connectivity index (χ4v) is 3.63. The summed E-state index contributed by atoms with van der Waals surface area (Å²) in [4.78, 5) is 27.3. The van der Waals surface area contributed by atoms with Crippen LogP contribution in [0.2, 0.25) is 0 Å². The van der Waals surface area contributed by atoms with Crippen LogP contribution in [0.3, 0.4) is 0 Å². The molecule has 0 saturated heterocycles. The Morgan fingerprint density at radius 2 is 1.64 bits per heavy atom. The zero-order chi connectivity index (χ0) is 25.0. The molecule has 4 N–H and O–H groups in total.